The van der Waals surface area contributed by atoms with E-state index in [9.17, 15) is 9.59 Å². The lowest BCUT2D eigenvalue weighted by Crippen LogP contribution is -2.41. The number of carbonyl (C=O) groups is 2. The molecule has 0 aliphatic heterocycles. The smallest absolute Gasteiger partial charge is 0.354 e. The number of carbonyl (C=O) groups excluding carboxylic acids is 1. The highest BCUT2D eigenvalue weighted by Crippen LogP contribution is 2.24. The first-order valence-electron chi connectivity index (χ1n) is 5.57. The first-order valence-corrected chi connectivity index (χ1v) is 5.57. The zero-order chi connectivity index (χ0) is 12.4. The van der Waals surface area contributed by atoms with E-state index in [4.69, 9.17) is 5.11 Å². The fourth-order valence-corrected chi connectivity index (χ4v) is 1.79. The number of carboxylic acids is 1. The van der Waals surface area contributed by atoms with Crippen LogP contribution in [-0.4, -0.2) is 40.0 Å². The van der Waals surface area contributed by atoms with Crippen LogP contribution in [-0.2, 0) is 0 Å². The van der Waals surface area contributed by atoms with E-state index in [2.05, 4.69) is 4.98 Å². The summed E-state index contributed by atoms with van der Waals surface area (Å²) in [4.78, 5) is 28.3. The van der Waals surface area contributed by atoms with Gasteiger partial charge in [0.1, 0.15) is 11.4 Å². The van der Waals surface area contributed by atoms with E-state index in [1.807, 2.05) is 0 Å². The molecule has 1 aromatic rings. The number of aromatic carboxylic acids is 1. The molecule has 0 unspecified atom stereocenters. The SMILES string of the molecule is CN(C(=O)c1cccc(C(=O)O)n1)C1CCC1. The van der Waals surface area contributed by atoms with Gasteiger partial charge in [0.2, 0.25) is 0 Å². The van der Waals surface area contributed by atoms with Crippen molar-refractivity contribution in [2.45, 2.75) is 25.3 Å². The van der Waals surface area contributed by atoms with E-state index in [0.717, 1.165) is 19.3 Å². The Bertz CT molecular complexity index is 455. The lowest BCUT2D eigenvalue weighted by molar-refractivity contribution is 0.0645. The van der Waals surface area contributed by atoms with Gasteiger partial charge < -0.3 is 10.0 Å². The van der Waals surface area contributed by atoms with E-state index >= 15 is 0 Å². The van der Waals surface area contributed by atoms with Gasteiger partial charge in [-0.1, -0.05) is 6.07 Å². The van der Waals surface area contributed by atoms with E-state index < -0.39 is 5.97 Å². The number of pyridine rings is 1. The number of hydrogen-bond donors (Lipinski definition) is 1. The van der Waals surface area contributed by atoms with Gasteiger partial charge in [0, 0.05) is 13.1 Å². The van der Waals surface area contributed by atoms with Crippen molar-refractivity contribution in [2.24, 2.45) is 0 Å². The molecule has 1 heterocycles. The standard InChI is InChI=1S/C12H14N2O3/c1-14(8-4-2-5-8)11(15)9-6-3-7-10(13-9)12(16)17/h3,6-8H,2,4-5H2,1H3,(H,16,17). The number of nitrogens with zero attached hydrogens (tertiary/aromatic N) is 2. The normalized spacial score (nSPS) is 15.1. The summed E-state index contributed by atoms with van der Waals surface area (Å²) in [6, 6.07) is 4.74. The molecule has 1 aliphatic rings. The van der Waals surface area contributed by atoms with Crippen LogP contribution in [0.1, 0.15) is 40.2 Å². The fourth-order valence-electron chi connectivity index (χ4n) is 1.79. The molecule has 0 bridgehead atoms. The molecule has 0 atom stereocenters. The first-order chi connectivity index (χ1) is 8.09. The molecule has 0 spiro atoms. The van der Waals surface area contributed by atoms with Crippen LogP contribution < -0.4 is 0 Å². The number of amides is 1. The summed E-state index contributed by atoms with van der Waals surface area (Å²) in [6.07, 6.45) is 3.17. The highest BCUT2D eigenvalue weighted by atomic mass is 16.4. The van der Waals surface area contributed by atoms with Crippen molar-refractivity contribution in [3.8, 4) is 0 Å². The predicted octanol–water partition coefficient (Wildman–Crippen LogP) is 1.40. The Morgan fingerprint density at radius 1 is 1.35 bits per heavy atom. The zero-order valence-corrected chi connectivity index (χ0v) is 9.59. The Morgan fingerprint density at radius 3 is 2.53 bits per heavy atom. The summed E-state index contributed by atoms with van der Waals surface area (Å²) in [5, 5.41) is 8.81. The Kier molecular flexibility index (Phi) is 3.08. The summed E-state index contributed by atoms with van der Waals surface area (Å²) in [5.74, 6) is -1.33. The Morgan fingerprint density at radius 2 is 2.00 bits per heavy atom. The van der Waals surface area contributed by atoms with Crippen molar-refractivity contribution in [1.29, 1.82) is 0 Å². The first kappa shape index (κ1) is 11.6. The molecule has 0 saturated heterocycles. The third-order valence-corrected chi connectivity index (χ3v) is 3.13. The maximum Gasteiger partial charge on any atom is 0.354 e. The number of rotatable bonds is 3. The zero-order valence-electron chi connectivity index (χ0n) is 9.59. The van der Waals surface area contributed by atoms with Gasteiger partial charge in [-0.05, 0) is 31.4 Å². The van der Waals surface area contributed by atoms with Crippen LogP contribution in [0.25, 0.3) is 0 Å². The highest BCUT2D eigenvalue weighted by Gasteiger charge is 2.27. The molecule has 0 radical (unpaired) electrons. The summed E-state index contributed by atoms with van der Waals surface area (Å²) in [5.41, 5.74) is 0.0946. The van der Waals surface area contributed by atoms with Crippen molar-refractivity contribution in [3.63, 3.8) is 0 Å². The van der Waals surface area contributed by atoms with Crippen LogP contribution in [0, 0.1) is 0 Å². The van der Waals surface area contributed by atoms with Crippen LogP contribution >= 0.6 is 0 Å². The van der Waals surface area contributed by atoms with E-state index in [1.165, 1.54) is 12.1 Å². The molecular weight excluding hydrogens is 220 g/mol. The summed E-state index contributed by atoms with van der Waals surface area (Å²) >= 11 is 0. The second-order valence-corrected chi connectivity index (χ2v) is 4.21. The van der Waals surface area contributed by atoms with Crippen molar-refractivity contribution in [2.75, 3.05) is 7.05 Å². The molecule has 1 aromatic heterocycles. The van der Waals surface area contributed by atoms with Gasteiger partial charge in [0.15, 0.2) is 0 Å². The van der Waals surface area contributed by atoms with Crippen molar-refractivity contribution in [1.82, 2.24) is 9.88 Å². The van der Waals surface area contributed by atoms with Gasteiger partial charge in [-0.3, -0.25) is 4.79 Å². The van der Waals surface area contributed by atoms with Crippen molar-refractivity contribution >= 4 is 11.9 Å². The van der Waals surface area contributed by atoms with Crippen LogP contribution in [0.4, 0.5) is 0 Å². The van der Waals surface area contributed by atoms with Crippen LogP contribution in [0.2, 0.25) is 0 Å². The van der Waals surface area contributed by atoms with Gasteiger partial charge in [-0.2, -0.15) is 0 Å². The molecule has 1 amide bonds. The highest BCUT2D eigenvalue weighted by molar-refractivity contribution is 5.94. The van der Waals surface area contributed by atoms with Gasteiger partial charge >= 0.3 is 5.97 Å². The second kappa shape index (κ2) is 4.53. The van der Waals surface area contributed by atoms with Crippen molar-refractivity contribution < 1.29 is 14.7 Å². The van der Waals surface area contributed by atoms with E-state index in [0.29, 0.717) is 0 Å². The van der Waals surface area contributed by atoms with Crippen LogP contribution in [0.5, 0.6) is 0 Å². The van der Waals surface area contributed by atoms with E-state index in [-0.39, 0.29) is 23.3 Å². The fraction of sp³-hybridized carbons (Fsp3) is 0.417. The topological polar surface area (TPSA) is 70.5 Å². The van der Waals surface area contributed by atoms with Crippen LogP contribution in [0.3, 0.4) is 0 Å². The number of carboxylic acid groups (broad SMARTS) is 1. The summed E-state index contributed by atoms with van der Waals surface area (Å²) in [6.45, 7) is 0. The maximum atomic E-state index is 12.0. The molecule has 90 valence electrons. The average molecular weight is 234 g/mol. The van der Waals surface area contributed by atoms with Crippen LogP contribution in [0.15, 0.2) is 18.2 Å². The van der Waals surface area contributed by atoms with Gasteiger partial charge in [0.25, 0.3) is 5.91 Å². The van der Waals surface area contributed by atoms with E-state index in [1.54, 1.807) is 18.0 Å². The lowest BCUT2D eigenvalue weighted by atomic mass is 9.92. The molecule has 1 N–H and O–H groups in total. The molecule has 5 heteroatoms. The minimum absolute atomic E-state index is 0.0992. The lowest BCUT2D eigenvalue weighted by Gasteiger charge is -2.34. The molecule has 1 saturated carbocycles. The quantitative estimate of drug-likeness (QED) is 0.858. The second-order valence-electron chi connectivity index (χ2n) is 4.21. The molecule has 1 aliphatic carbocycles. The molecule has 17 heavy (non-hydrogen) atoms. The largest absolute Gasteiger partial charge is 0.477 e. The molecule has 2 rings (SSSR count). The minimum Gasteiger partial charge on any atom is -0.477 e. The van der Waals surface area contributed by atoms with Crippen molar-refractivity contribution in [3.05, 3.63) is 29.6 Å². The molecule has 1 fully saturated rings. The Labute approximate surface area is 99.1 Å². The summed E-state index contributed by atoms with van der Waals surface area (Å²) < 4.78 is 0. The average Bonchev–Trinajstić information content (AvgIpc) is 2.25. The molecule has 5 nitrogen and oxygen atoms in total. The third-order valence-electron chi connectivity index (χ3n) is 3.13. The summed E-state index contributed by atoms with van der Waals surface area (Å²) in [7, 11) is 1.74. The maximum absolute atomic E-state index is 12.0. The predicted molar refractivity (Wildman–Crippen MR) is 60.9 cm³/mol. The minimum atomic E-state index is -1.12. The number of hydrogen-bond acceptors (Lipinski definition) is 3. The Balaban J connectivity index is 2.18. The number of aromatic nitrogens is 1. The third kappa shape index (κ3) is 2.27. The monoisotopic (exact) mass is 234 g/mol. The Hall–Kier alpha value is -1.91. The van der Waals surface area contributed by atoms with Gasteiger partial charge in [0.05, 0.1) is 0 Å². The molecular formula is C12H14N2O3. The molecule has 0 aromatic carbocycles. The van der Waals surface area contributed by atoms with Gasteiger partial charge in [-0.15, -0.1) is 0 Å². The van der Waals surface area contributed by atoms with Gasteiger partial charge in [-0.25, -0.2) is 9.78 Å².